The van der Waals surface area contributed by atoms with Crippen LogP contribution in [-0.2, 0) is 38.1 Å². The molecular weight excluding hydrogens is 592 g/mol. The van der Waals surface area contributed by atoms with Crippen LogP contribution in [0, 0.1) is 11.3 Å². The molecule has 1 fully saturated rings. The number of rotatable bonds is 9. The van der Waals surface area contributed by atoms with Crippen molar-refractivity contribution in [3.63, 3.8) is 0 Å². The highest BCUT2D eigenvalue weighted by molar-refractivity contribution is 5.84. The smallest absolute Gasteiger partial charge is 0.341 e. The summed E-state index contributed by atoms with van der Waals surface area (Å²) in [4.78, 5) is 51.2. The van der Waals surface area contributed by atoms with Crippen molar-refractivity contribution in [2.45, 2.75) is 140 Å². The van der Waals surface area contributed by atoms with E-state index in [-0.39, 0.29) is 12.0 Å². The molecule has 0 amide bonds. The number of aliphatic hydroxyl groups excluding tert-OH is 2. The maximum Gasteiger partial charge on any atom is 0.341 e. The van der Waals surface area contributed by atoms with E-state index < -0.39 is 88.6 Å². The van der Waals surface area contributed by atoms with Gasteiger partial charge < -0.3 is 44.5 Å². The Morgan fingerprint density at radius 2 is 1.49 bits per heavy atom. The molecule has 13 nitrogen and oxygen atoms in total. The van der Waals surface area contributed by atoms with Crippen molar-refractivity contribution < 1.29 is 63.7 Å². The minimum atomic E-state index is -2.82. The average Bonchev–Trinajstić information content (AvgIpc) is 3.10. The third kappa shape index (κ3) is 6.69. The van der Waals surface area contributed by atoms with Gasteiger partial charge in [0.15, 0.2) is 23.4 Å². The summed E-state index contributed by atoms with van der Waals surface area (Å²) in [5.74, 6) is -5.51. The fraction of sp³-hybridized carbons (Fsp3) is 0.750. The van der Waals surface area contributed by atoms with Crippen LogP contribution in [0.25, 0.3) is 0 Å². The SMILES string of the molecule is CCCCCCCC(=O)O[C@H]1/C(C)=C\[C@@H]2OC(=O)[C@@](C)(O)[C@@]2(O)[C@H](OC(C)=O)[C@H]2[C@](C)(O)[C@H](O)C=C[C@]2(C)[C@@H](OC(C)=O)[C@@H]1O. The molecule has 1 saturated heterocycles. The second kappa shape index (κ2) is 13.5. The Balaban J connectivity index is 2.31. The highest BCUT2D eigenvalue weighted by atomic mass is 16.6. The summed E-state index contributed by atoms with van der Waals surface area (Å²) in [5.41, 5.74) is -9.65. The highest BCUT2D eigenvalue weighted by Gasteiger charge is 2.74. The third-order valence-corrected chi connectivity index (χ3v) is 9.54. The fourth-order valence-electron chi connectivity index (χ4n) is 7.01. The van der Waals surface area contributed by atoms with Crippen LogP contribution < -0.4 is 0 Å². The lowest BCUT2D eigenvalue weighted by Crippen LogP contribution is -2.74. The molecule has 45 heavy (non-hydrogen) atoms. The number of fused-ring (bicyclic) bond motifs is 2. The molecule has 3 aliphatic rings. The first-order valence-electron chi connectivity index (χ1n) is 15.4. The van der Waals surface area contributed by atoms with Gasteiger partial charge in [-0.25, -0.2) is 4.79 Å². The van der Waals surface area contributed by atoms with Gasteiger partial charge in [-0.2, -0.15) is 0 Å². The Morgan fingerprint density at radius 3 is 2.07 bits per heavy atom. The van der Waals surface area contributed by atoms with Gasteiger partial charge in [-0.1, -0.05) is 51.7 Å². The topological polar surface area (TPSA) is 206 Å². The molecule has 254 valence electrons. The fourth-order valence-corrected chi connectivity index (χ4v) is 7.01. The van der Waals surface area contributed by atoms with Crippen LogP contribution in [0.2, 0.25) is 0 Å². The van der Waals surface area contributed by atoms with Gasteiger partial charge in [0, 0.05) is 31.6 Å². The lowest BCUT2D eigenvalue weighted by molar-refractivity contribution is -0.263. The molecule has 0 aromatic heterocycles. The Hall–Kier alpha value is -2.84. The minimum Gasteiger partial charge on any atom is -0.459 e. The molecule has 1 aliphatic heterocycles. The van der Waals surface area contributed by atoms with Gasteiger partial charge in [-0.15, -0.1) is 0 Å². The Bertz CT molecular complexity index is 1210. The van der Waals surface area contributed by atoms with E-state index in [1.807, 2.05) is 0 Å². The van der Waals surface area contributed by atoms with Crippen LogP contribution in [-0.4, -0.2) is 103 Å². The molecule has 0 unspecified atom stereocenters. The summed E-state index contributed by atoms with van der Waals surface area (Å²) in [6.07, 6.45) is -2.52. The van der Waals surface area contributed by atoms with E-state index in [2.05, 4.69) is 6.92 Å². The first kappa shape index (κ1) is 36.6. The predicted octanol–water partition coefficient (Wildman–Crippen LogP) is 1.15. The van der Waals surface area contributed by atoms with E-state index in [1.54, 1.807) is 0 Å². The van der Waals surface area contributed by atoms with Crippen molar-refractivity contribution >= 4 is 23.9 Å². The van der Waals surface area contributed by atoms with Gasteiger partial charge in [-0.05, 0) is 38.8 Å². The zero-order chi connectivity index (χ0) is 34.1. The molecule has 3 rings (SSSR count). The average molecular weight is 641 g/mol. The predicted molar refractivity (Wildman–Crippen MR) is 157 cm³/mol. The second-order valence-corrected chi connectivity index (χ2v) is 13.1. The molecule has 0 aromatic carbocycles. The number of unbranched alkanes of at least 4 members (excludes halogenated alkanes) is 4. The molecular formula is C32H48O13. The number of hydrogen-bond acceptors (Lipinski definition) is 13. The number of hydrogen-bond donors (Lipinski definition) is 5. The molecule has 1 heterocycles. The zero-order valence-corrected chi connectivity index (χ0v) is 27.0. The monoisotopic (exact) mass is 640 g/mol. The van der Waals surface area contributed by atoms with Crippen molar-refractivity contribution in [2.24, 2.45) is 11.3 Å². The Morgan fingerprint density at radius 1 is 0.911 bits per heavy atom. The van der Waals surface area contributed by atoms with Crippen LogP contribution in [0.5, 0.6) is 0 Å². The highest BCUT2D eigenvalue weighted by Crippen LogP contribution is 2.55. The van der Waals surface area contributed by atoms with Crippen LogP contribution in [0.3, 0.4) is 0 Å². The Kier molecular flexibility index (Phi) is 11.0. The third-order valence-electron chi connectivity index (χ3n) is 9.54. The standard InChI is InChI=1S/C32H48O13/c1-8-9-10-11-12-13-22(36)45-24-17(2)16-21-32(41,31(7,40)28(38)44-21)27(43-19(4)34)25-29(5,15-14-20(35)30(25,6)39)26(23(24)37)42-18(3)33/h14-16,20-21,23-27,35,37,39-41H,8-13H2,1-7H3/b17-16-/t20-,21+,23-,24+,25-,26+,27-,29+,30-,31-,32+/m1/s1. The lowest BCUT2D eigenvalue weighted by atomic mass is 9.53. The van der Waals surface area contributed by atoms with E-state index in [0.29, 0.717) is 6.42 Å². The quantitative estimate of drug-likeness (QED) is 0.104. The molecule has 11 atom stereocenters. The van der Waals surface area contributed by atoms with Gasteiger partial charge in [0.25, 0.3) is 0 Å². The second-order valence-electron chi connectivity index (χ2n) is 13.1. The summed E-state index contributed by atoms with van der Waals surface area (Å²) in [6.45, 7) is 9.11. The van der Waals surface area contributed by atoms with Crippen LogP contribution in [0.1, 0.15) is 87.0 Å². The van der Waals surface area contributed by atoms with Crippen molar-refractivity contribution in [2.75, 3.05) is 0 Å². The summed E-state index contributed by atoms with van der Waals surface area (Å²) in [7, 11) is 0. The van der Waals surface area contributed by atoms with Crippen LogP contribution in [0.15, 0.2) is 23.8 Å². The minimum absolute atomic E-state index is 0.0186. The molecule has 0 radical (unpaired) electrons. The van der Waals surface area contributed by atoms with Crippen molar-refractivity contribution in [1.82, 2.24) is 0 Å². The maximum atomic E-state index is 13.1. The van der Waals surface area contributed by atoms with Crippen molar-refractivity contribution in [1.29, 1.82) is 0 Å². The first-order chi connectivity index (χ1) is 20.8. The molecule has 0 saturated carbocycles. The van der Waals surface area contributed by atoms with Crippen LogP contribution in [0.4, 0.5) is 0 Å². The largest absolute Gasteiger partial charge is 0.459 e. The van der Waals surface area contributed by atoms with E-state index in [9.17, 15) is 44.7 Å². The summed E-state index contributed by atoms with van der Waals surface area (Å²) < 4.78 is 22.4. The molecule has 5 N–H and O–H groups in total. The number of ether oxygens (including phenoxy) is 4. The van der Waals surface area contributed by atoms with Crippen molar-refractivity contribution in [3.8, 4) is 0 Å². The van der Waals surface area contributed by atoms with Gasteiger partial charge in [0.1, 0.15) is 24.4 Å². The number of aliphatic hydroxyl groups is 5. The zero-order valence-electron chi connectivity index (χ0n) is 27.0. The Labute approximate surface area is 263 Å². The van der Waals surface area contributed by atoms with Crippen molar-refractivity contribution in [3.05, 3.63) is 23.8 Å². The number of carbonyl (C=O) groups is 4. The normalized spacial score (nSPS) is 42.4. The first-order valence-corrected chi connectivity index (χ1v) is 15.4. The molecule has 2 aliphatic carbocycles. The molecule has 13 heteroatoms. The van der Waals surface area contributed by atoms with E-state index in [4.69, 9.17) is 18.9 Å². The van der Waals surface area contributed by atoms with E-state index in [0.717, 1.165) is 52.5 Å². The van der Waals surface area contributed by atoms with Gasteiger partial charge >= 0.3 is 23.9 Å². The number of carbonyl (C=O) groups excluding carboxylic acids is 4. The van der Waals surface area contributed by atoms with E-state index in [1.165, 1.54) is 32.9 Å². The van der Waals surface area contributed by atoms with Gasteiger partial charge in [0.05, 0.1) is 5.60 Å². The summed E-state index contributed by atoms with van der Waals surface area (Å²) in [6, 6.07) is 0. The molecule has 0 spiro atoms. The van der Waals surface area contributed by atoms with E-state index >= 15 is 0 Å². The number of esters is 4. The molecule has 0 aromatic rings. The summed E-state index contributed by atoms with van der Waals surface area (Å²) >= 11 is 0. The maximum absolute atomic E-state index is 13.1. The summed E-state index contributed by atoms with van der Waals surface area (Å²) in [5, 5.41) is 58.6. The van der Waals surface area contributed by atoms with Crippen LogP contribution >= 0.6 is 0 Å². The van der Waals surface area contributed by atoms with Gasteiger partial charge in [0.2, 0.25) is 0 Å². The molecule has 0 bridgehead atoms. The lowest BCUT2D eigenvalue weighted by Gasteiger charge is -2.57. The van der Waals surface area contributed by atoms with Gasteiger partial charge in [-0.3, -0.25) is 14.4 Å².